The number of piperazine rings is 1. The summed E-state index contributed by atoms with van der Waals surface area (Å²) in [5.41, 5.74) is -2.92. The number of methoxy groups -OCH3 is 1. The van der Waals surface area contributed by atoms with Crippen LogP contribution in [0.4, 0.5) is 23.4 Å². The number of hydrogen-bond donors (Lipinski definition) is 2. The van der Waals surface area contributed by atoms with Gasteiger partial charge in [-0.05, 0) is 38.1 Å². The zero-order chi connectivity index (χ0) is 31.7. The van der Waals surface area contributed by atoms with Gasteiger partial charge in [-0.3, -0.25) is 9.36 Å². The van der Waals surface area contributed by atoms with E-state index in [-0.39, 0.29) is 87.2 Å². The van der Waals surface area contributed by atoms with Gasteiger partial charge in [0, 0.05) is 59.4 Å². The van der Waals surface area contributed by atoms with Gasteiger partial charge in [0.05, 0.1) is 29.2 Å². The van der Waals surface area contributed by atoms with Crippen LogP contribution in [0.5, 0.6) is 0 Å². The molecule has 0 unspecified atom stereocenters. The van der Waals surface area contributed by atoms with Crippen molar-refractivity contribution in [3.05, 3.63) is 63.2 Å². The number of fused-ring (bicyclic) bond motifs is 1. The van der Waals surface area contributed by atoms with Crippen molar-refractivity contribution >= 4 is 45.4 Å². The van der Waals surface area contributed by atoms with Crippen LogP contribution in [0.25, 0.3) is 33.1 Å². The van der Waals surface area contributed by atoms with Crippen LogP contribution in [0, 0.1) is 5.82 Å². The Balaban J connectivity index is 1.69. The van der Waals surface area contributed by atoms with E-state index in [0.29, 0.717) is 0 Å². The molecule has 0 bridgehead atoms. The molecule has 1 saturated heterocycles. The highest BCUT2D eigenvalue weighted by Gasteiger charge is 2.41. The van der Waals surface area contributed by atoms with E-state index < -0.39 is 35.0 Å². The highest BCUT2D eigenvalue weighted by molar-refractivity contribution is 7.99. The summed E-state index contributed by atoms with van der Waals surface area (Å²) in [6, 6.07) is 1.92. The lowest BCUT2D eigenvalue weighted by atomic mass is 9.94. The lowest BCUT2D eigenvalue weighted by molar-refractivity contribution is -0.137. The molecular formula is C29H28F4N6O4S. The highest BCUT2D eigenvalue weighted by atomic mass is 32.2. The summed E-state index contributed by atoms with van der Waals surface area (Å²) >= 11 is 1.13. The number of hydrogen-bond acceptors (Lipinski definition) is 7. The highest BCUT2D eigenvalue weighted by Crippen LogP contribution is 2.50. The number of benzene rings is 2. The summed E-state index contributed by atoms with van der Waals surface area (Å²) in [4.78, 5) is 51.0. The average Bonchev–Trinajstić information content (AvgIpc) is 3.36. The van der Waals surface area contributed by atoms with Crippen molar-refractivity contribution in [3.8, 4) is 11.1 Å². The molecule has 0 saturated carbocycles. The second kappa shape index (κ2) is 10.8. The van der Waals surface area contributed by atoms with Gasteiger partial charge in [-0.1, -0.05) is 6.58 Å². The number of amides is 1. The minimum atomic E-state index is -4.88. The average molecular weight is 633 g/mol. The Morgan fingerprint density at radius 1 is 1.18 bits per heavy atom. The molecule has 15 heteroatoms. The van der Waals surface area contributed by atoms with Crippen LogP contribution in [0.2, 0.25) is 0 Å². The molecular weight excluding hydrogens is 604 g/mol. The number of alkyl halides is 3. The van der Waals surface area contributed by atoms with E-state index in [0.717, 1.165) is 23.9 Å². The molecule has 0 radical (unpaired) electrons. The molecule has 2 aliphatic heterocycles. The second-order valence-corrected chi connectivity index (χ2v) is 12.0. The number of imidazole rings is 1. The number of aromatic amines is 2. The fraction of sp³-hybridized carbons (Fsp3) is 0.379. The summed E-state index contributed by atoms with van der Waals surface area (Å²) in [6.07, 6.45) is -3.67. The van der Waals surface area contributed by atoms with Gasteiger partial charge in [0.15, 0.2) is 0 Å². The number of nitrogens with zero attached hydrogens (tertiary/aromatic N) is 4. The predicted octanol–water partition coefficient (Wildman–Crippen LogP) is 4.30. The maximum Gasteiger partial charge on any atom is 0.417 e. The quantitative estimate of drug-likeness (QED) is 0.249. The summed E-state index contributed by atoms with van der Waals surface area (Å²) < 4.78 is 66.3. The normalized spacial score (nSPS) is 20.5. The number of thioether (sulfide) groups is 1. The number of carbonyl (C=O) groups is 1. The van der Waals surface area contributed by atoms with Crippen LogP contribution >= 0.6 is 11.8 Å². The Bertz CT molecular complexity index is 1940. The maximum absolute atomic E-state index is 15.0. The fourth-order valence-corrected chi connectivity index (χ4v) is 7.78. The molecule has 10 nitrogen and oxygen atoms in total. The first-order valence-corrected chi connectivity index (χ1v) is 14.8. The van der Waals surface area contributed by atoms with Crippen molar-refractivity contribution in [2.45, 2.75) is 43.0 Å². The molecule has 2 aliphatic rings. The van der Waals surface area contributed by atoms with Gasteiger partial charge in [-0.15, -0.1) is 11.8 Å². The van der Waals surface area contributed by atoms with Crippen molar-refractivity contribution in [3.63, 3.8) is 0 Å². The van der Waals surface area contributed by atoms with E-state index in [2.05, 4.69) is 21.5 Å². The summed E-state index contributed by atoms with van der Waals surface area (Å²) in [5, 5.41) is 0.104. The van der Waals surface area contributed by atoms with Gasteiger partial charge in [-0.25, -0.2) is 14.0 Å². The number of nitrogens with one attached hydrogen (secondary N) is 2. The first kappa shape index (κ1) is 29.9. The Hall–Kier alpha value is -4.11. The molecule has 2 aromatic carbocycles. The third-order valence-corrected chi connectivity index (χ3v) is 9.38. The number of anilines is 1. The van der Waals surface area contributed by atoms with E-state index >= 15 is 0 Å². The van der Waals surface area contributed by atoms with Crippen molar-refractivity contribution in [1.29, 1.82) is 0 Å². The molecule has 2 aromatic heterocycles. The monoisotopic (exact) mass is 632 g/mol. The van der Waals surface area contributed by atoms with Gasteiger partial charge in [-0.2, -0.15) is 18.2 Å². The van der Waals surface area contributed by atoms with Crippen LogP contribution in [0.15, 0.2) is 45.3 Å². The number of rotatable bonds is 5. The first-order chi connectivity index (χ1) is 20.8. The van der Waals surface area contributed by atoms with Gasteiger partial charge >= 0.3 is 17.6 Å². The molecule has 1 fully saturated rings. The van der Waals surface area contributed by atoms with E-state index in [4.69, 9.17) is 4.74 Å². The number of H-pyrrole nitrogens is 2. The SMILES string of the molecule is C=CC(=O)N1[C@H](C)CN(c2nc(=O)n3c4c(c(-c5ccc(F)c6[nH]c(=O)[nH]c56)c(C(F)(F)F)cc24)SC[C@@H]3COC)C[C@@H]1C. The van der Waals surface area contributed by atoms with Crippen LogP contribution in [-0.2, 0) is 15.7 Å². The largest absolute Gasteiger partial charge is 0.417 e. The molecule has 4 aromatic rings. The third-order valence-electron chi connectivity index (χ3n) is 8.14. The van der Waals surface area contributed by atoms with Gasteiger partial charge in [0.25, 0.3) is 0 Å². The number of ether oxygens (including phenoxy) is 1. The van der Waals surface area contributed by atoms with E-state index in [1.54, 1.807) is 9.80 Å². The predicted molar refractivity (Wildman–Crippen MR) is 159 cm³/mol. The maximum atomic E-state index is 15.0. The fourth-order valence-electron chi connectivity index (χ4n) is 6.47. The molecule has 6 rings (SSSR count). The van der Waals surface area contributed by atoms with E-state index in [1.807, 2.05) is 13.8 Å². The molecule has 0 spiro atoms. The Labute approximate surface area is 251 Å². The summed E-state index contributed by atoms with van der Waals surface area (Å²) in [7, 11) is 1.46. The lowest BCUT2D eigenvalue weighted by Crippen LogP contribution is -2.58. The Morgan fingerprint density at radius 3 is 2.50 bits per heavy atom. The molecule has 1 amide bonds. The summed E-state index contributed by atoms with van der Waals surface area (Å²) in [5.74, 6) is -0.804. The number of carbonyl (C=O) groups excluding carboxylic acids is 1. The van der Waals surface area contributed by atoms with Crippen LogP contribution in [-0.4, -0.2) is 75.0 Å². The van der Waals surface area contributed by atoms with Gasteiger partial charge < -0.3 is 24.5 Å². The molecule has 44 heavy (non-hydrogen) atoms. The topological polar surface area (TPSA) is 116 Å². The van der Waals surface area contributed by atoms with Crippen molar-refractivity contribution in [1.82, 2.24) is 24.4 Å². The molecule has 232 valence electrons. The van der Waals surface area contributed by atoms with Gasteiger partial charge in [0.1, 0.15) is 17.2 Å². The number of halogens is 4. The van der Waals surface area contributed by atoms with Crippen LogP contribution < -0.4 is 16.3 Å². The van der Waals surface area contributed by atoms with Crippen molar-refractivity contribution in [2.24, 2.45) is 0 Å². The minimum absolute atomic E-state index is 0.0437. The van der Waals surface area contributed by atoms with Crippen molar-refractivity contribution in [2.75, 3.05) is 37.5 Å². The number of aromatic nitrogens is 4. The van der Waals surface area contributed by atoms with E-state index in [9.17, 15) is 31.9 Å². The zero-order valence-corrected chi connectivity index (χ0v) is 24.7. The van der Waals surface area contributed by atoms with Crippen LogP contribution in [0.1, 0.15) is 25.5 Å². The molecule has 2 N–H and O–H groups in total. The van der Waals surface area contributed by atoms with Crippen molar-refractivity contribution < 1.29 is 27.1 Å². The second-order valence-electron chi connectivity index (χ2n) is 11.0. The Morgan fingerprint density at radius 2 is 1.86 bits per heavy atom. The smallest absolute Gasteiger partial charge is 0.383 e. The standard InChI is InChI=1S/C29H28F4N6O4S/c1-5-20(40)38-13(2)9-37(10-14(38)3)26-17-8-18(29(31,32)33)21(16-6-7-19(30)23-22(16)34-27(41)35-23)25-24(17)39(28(42)36-26)15(11-43-4)12-44-25/h5-8,13-15H,1,9-12H2,2-4H3,(H2,34,35,41)/t13-,14+,15-/m0/s1. The first-order valence-electron chi connectivity index (χ1n) is 13.8. The molecule has 3 atom stereocenters. The lowest BCUT2D eigenvalue weighted by Gasteiger charge is -2.45. The van der Waals surface area contributed by atoms with Gasteiger partial charge in [0.2, 0.25) is 5.91 Å². The van der Waals surface area contributed by atoms with Crippen LogP contribution in [0.3, 0.4) is 0 Å². The minimum Gasteiger partial charge on any atom is -0.383 e. The third kappa shape index (κ3) is 4.69. The molecule has 4 heterocycles. The zero-order valence-electron chi connectivity index (χ0n) is 23.9. The Kier molecular flexibility index (Phi) is 7.35. The molecule has 0 aliphatic carbocycles. The van der Waals surface area contributed by atoms with E-state index in [1.165, 1.54) is 23.8 Å². The summed E-state index contributed by atoms with van der Waals surface area (Å²) in [6.45, 7) is 7.72.